The third kappa shape index (κ3) is 5.49. The van der Waals surface area contributed by atoms with E-state index < -0.39 is 5.97 Å². The van der Waals surface area contributed by atoms with Crippen molar-refractivity contribution in [3.05, 3.63) is 52.3 Å². The van der Waals surface area contributed by atoms with Gasteiger partial charge >= 0.3 is 5.97 Å². The van der Waals surface area contributed by atoms with Crippen LogP contribution >= 0.6 is 15.9 Å². The van der Waals surface area contributed by atoms with Crippen LogP contribution in [0.2, 0.25) is 0 Å². The molecule has 10 heteroatoms. The first-order valence-corrected chi connectivity index (χ1v) is 13.3. The van der Waals surface area contributed by atoms with Gasteiger partial charge in [0.1, 0.15) is 0 Å². The highest BCUT2D eigenvalue weighted by Gasteiger charge is 2.30. The number of hydrogen-bond acceptors (Lipinski definition) is 7. The molecule has 0 aliphatic heterocycles. The zero-order valence-corrected chi connectivity index (χ0v) is 22.9. The van der Waals surface area contributed by atoms with Gasteiger partial charge < -0.3 is 19.8 Å². The zero-order valence-electron chi connectivity index (χ0n) is 21.3. The number of fused-ring (bicyclic) bond motifs is 1. The van der Waals surface area contributed by atoms with Crippen molar-refractivity contribution < 1.29 is 14.3 Å². The summed E-state index contributed by atoms with van der Waals surface area (Å²) >= 11 is 3.50. The number of aromatic nitrogens is 5. The molecule has 2 N–H and O–H groups in total. The summed E-state index contributed by atoms with van der Waals surface area (Å²) in [4.78, 5) is 21.3. The Bertz CT molecular complexity index is 1440. The van der Waals surface area contributed by atoms with Crippen LogP contribution in [0.25, 0.3) is 22.3 Å². The zero-order chi connectivity index (χ0) is 26.1. The van der Waals surface area contributed by atoms with Crippen molar-refractivity contribution in [2.45, 2.75) is 52.1 Å². The number of imidazole rings is 1. The normalized spacial score (nSPS) is 14.2. The number of nitrogen functional groups attached to an aromatic ring is 1. The molecule has 4 aromatic rings. The Morgan fingerprint density at radius 3 is 2.81 bits per heavy atom. The summed E-state index contributed by atoms with van der Waals surface area (Å²) in [5, 5.41) is 4.60. The third-order valence-electron chi connectivity index (χ3n) is 6.61. The maximum atomic E-state index is 12.1. The predicted molar refractivity (Wildman–Crippen MR) is 146 cm³/mol. The molecule has 1 aliphatic rings. The number of benzene rings is 1. The van der Waals surface area contributed by atoms with E-state index in [-0.39, 0.29) is 0 Å². The lowest BCUT2D eigenvalue weighted by atomic mass is 10.1. The number of rotatable bonds is 10. The van der Waals surface area contributed by atoms with E-state index in [9.17, 15) is 4.79 Å². The smallest absolute Gasteiger partial charge is 0.337 e. The summed E-state index contributed by atoms with van der Waals surface area (Å²) in [6.45, 7) is 5.42. The van der Waals surface area contributed by atoms with Gasteiger partial charge in [-0.05, 0) is 68.9 Å². The third-order valence-corrected chi connectivity index (χ3v) is 7.10. The van der Waals surface area contributed by atoms with E-state index in [1.165, 1.54) is 7.11 Å². The van der Waals surface area contributed by atoms with E-state index in [0.29, 0.717) is 41.7 Å². The first-order chi connectivity index (χ1) is 17.8. The molecule has 37 heavy (non-hydrogen) atoms. The van der Waals surface area contributed by atoms with Gasteiger partial charge in [0.2, 0.25) is 11.8 Å². The second-order valence-corrected chi connectivity index (χ2v) is 10.6. The fourth-order valence-corrected chi connectivity index (χ4v) is 4.96. The van der Waals surface area contributed by atoms with Crippen molar-refractivity contribution in [1.29, 1.82) is 0 Å². The van der Waals surface area contributed by atoms with Crippen LogP contribution < -0.4 is 10.5 Å². The number of ether oxygens (including phenoxy) is 2. The molecule has 3 heterocycles. The molecular formula is C27H31BrN6O3. The molecule has 0 spiro atoms. The molecule has 1 saturated carbocycles. The second kappa shape index (κ2) is 10.5. The van der Waals surface area contributed by atoms with Gasteiger partial charge in [0.15, 0.2) is 0 Å². The molecule has 3 aromatic heterocycles. The molecule has 0 amide bonds. The monoisotopic (exact) mass is 566 g/mol. The Hall–Kier alpha value is -3.40. The lowest BCUT2D eigenvalue weighted by Gasteiger charge is -2.15. The highest BCUT2D eigenvalue weighted by atomic mass is 79.9. The number of carbonyl (C=O) groups excluding carboxylic acids is 1. The van der Waals surface area contributed by atoms with Gasteiger partial charge in [0, 0.05) is 16.7 Å². The minimum Gasteiger partial charge on any atom is -0.477 e. The maximum Gasteiger partial charge on any atom is 0.337 e. The van der Waals surface area contributed by atoms with Gasteiger partial charge in [0.05, 0.1) is 53.8 Å². The lowest BCUT2D eigenvalue weighted by molar-refractivity contribution is 0.0600. The Morgan fingerprint density at radius 1 is 1.24 bits per heavy atom. The fraction of sp³-hybridized carbons (Fsp3) is 0.407. The number of pyridine rings is 1. The average molecular weight is 567 g/mol. The van der Waals surface area contributed by atoms with E-state index in [1.54, 1.807) is 18.3 Å². The van der Waals surface area contributed by atoms with Gasteiger partial charge in [-0.15, -0.1) is 0 Å². The van der Waals surface area contributed by atoms with Crippen LogP contribution in [0.15, 0.2) is 41.0 Å². The molecule has 5 rings (SSSR count). The summed E-state index contributed by atoms with van der Waals surface area (Å²) < 4.78 is 16.2. The van der Waals surface area contributed by atoms with Crippen LogP contribution in [0.5, 0.6) is 5.88 Å². The Labute approximate surface area is 224 Å². The minimum absolute atomic E-state index is 0.352. The number of nitrogens with zero attached hydrogens (tertiary/aromatic N) is 5. The molecular weight excluding hydrogens is 536 g/mol. The van der Waals surface area contributed by atoms with Gasteiger partial charge in [-0.2, -0.15) is 5.10 Å². The number of carbonyl (C=O) groups is 1. The SMILES string of the molecule is COC(=O)c1cc(C)nc(-c2cnn(C3CC3)c2OCCC[C@@H](C)Cn2c(N)nc3cc(Br)ccc32)c1. The molecule has 1 aliphatic carbocycles. The number of hydrogen-bond donors (Lipinski definition) is 1. The highest BCUT2D eigenvalue weighted by Crippen LogP contribution is 2.41. The summed E-state index contributed by atoms with van der Waals surface area (Å²) in [5.74, 6) is 1.24. The van der Waals surface area contributed by atoms with E-state index in [2.05, 4.69) is 42.5 Å². The molecule has 0 saturated heterocycles. The number of nitrogens with two attached hydrogens (primary N) is 1. The molecule has 0 radical (unpaired) electrons. The number of methoxy groups -OCH3 is 1. The molecule has 1 fully saturated rings. The van der Waals surface area contributed by atoms with Gasteiger partial charge in [-0.3, -0.25) is 4.98 Å². The van der Waals surface area contributed by atoms with Crippen LogP contribution in [0, 0.1) is 12.8 Å². The van der Waals surface area contributed by atoms with Crippen molar-refractivity contribution in [2.75, 3.05) is 19.5 Å². The minimum atomic E-state index is -0.392. The average Bonchev–Trinajstić information content (AvgIpc) is 3.56. The Kier molecular flexibility index (Phi) is 7.19. The molecule has 0 bridgehead atoms. The van der Waals surface area contributed by atoms with Gasteiger partial charge in [0.25, 0.3) is 0 Å². The van der Waals surface area contributed by atoms with Crippen LogP contribution in [0.3, 0.4) is 0 Å². The molecule has 9 nitrogen and oxygen atoms in total. The second-order valence-electron chi connectivity index (χ2n) is 9.72. The first kappa shape index (κ1) is 25.3. The standard InChI is InChI=1S/C27H31BrN6O3/c1-16(15-33-24-9-6-19(28)13-23(24)32-27(33)29)5-4-10-37-25-21(14-30-34(25)20-7-8-20)22-12-18(26(35)36-3)11-17(2)31-22/h6,9,11-14,16,20H,4-5,7-8,10,15H2,1-3H3,(H2,29,32)/t16-/m1/s1. The largest absolute Gasteiger partial charge is 0.477 e. The molecule has 1 aromatic carbocycles. The summed E-state index contributed by atoms with van der Waals surface area (Å²) in [6, 6.07) is 9.85. The summed E-state index contributed by atoms with van der Waals surface area (Å²) in [7, 11) is 1.38. The number of halogens is 1. The number of aryl methyl sites for hydroxylation is 1. The first-order valence-electron chi connectivity index (χ1n) is 12.5. The molecule has 0 unspecified atom stereocenters. The fourth-order valence-electron chi connectivity index (χ4n) is 4.61. The van der Waals surface area contributed by atoms with Gasteiger partial charge in [-0.25, -0.2) is 14.5 Å². The predicted octanol–water partition coefficient (Wildman–Crippen LogP) is 5.56. The maximum absolute atomic E-state index is 12.1. The van der Waals surface area contributed by atoms with Crippen molar-refractivity contribution in [1.82, 2.24) is 24.3 Å². The molecule has 194 valence electrons. The van der Waals surface area contributed by atoms with Gasteiger partial charge in [-0.1, -0.05) is 22.9 Å². The number of anilines is 1. The van der Waals surface area contributed by atoms with E-state index >= 15 is 0 Å². The van der Waals surface area contributed by atoms with Crippen LogP contribution in [-0.2, 0) is 11.3 Å². The highest BCUT2D eigenvalue weighted by molar-refractivity contribution is 9.10. The van der Waals surface area contributed by atoms with Crippen LogP contribution in [0.4, 0.5) is 5.95 Å². The van der Waals surface area contributed by atoms with E-state index in [0.717, 1.165) is 59.0 Å². The lowest BCUT2D eigenvalue weighted by Crippen LogP contribution is -2.12. The van der Waals surface area contributed by atoms with Crippen molar-refractivity contribution in [3.63, 3.8) is 0 Å². The van der Waals surface area contributed by atoms with Crippen molar-refractivity contribution in [3.8, 4) is 17.1 Å². The van der Waals surface area contributed by atoms with Crippen molar-refractivity contribution >= 4 is 38.9 Å². The quantitative estimate of drug-likeness (QED) is 0.197. The van der Waals surface area contributed by atoms with Crippen LogP contribution in [0.1, 0.15) is 54.7 Å². The van der Waals surface area contributed by atoms with Crippen LogP contribution in [-0.4, -0.2) is 44.0 Å². The summed E-state index contributed by atoms with van der Waals surface area (Å²) in [5.41, 5.74) is 10.8. The Morgan fingerprint density at radius 2 is 2.05 bits per heavy atom. The number of esters is 1. The summed E-state index contributed by atoms with van der Waals surface area (Å²) in [6.07, 6.45) is 5.80. The topological polar surface area (TPSA) is 110 Å². The molecule has 1 atom stereocenters. The Balaban J connectivity index is 1.26. The van der Waals surface area contributed by atoms with E-state index in [1.807, 2.05) is 29.8 Å². The van der Waals surface area contributed by atoms with E-state index in [4.69, 9.17) is 15.2 Å². The van der Waals surface area contributed by atoms with Crippen molar-refractivity contribution in [2.24, 2.45) is 5.92 Å².